The summed E-state index contributed by atoms with van der Waals surface area (Å²) in [6.45, 7) is 3.92. The topological polar surface area (TPSA) is 100 Å². The molecule has 1 N–H and O–H groups in total. The second-order valence-electron chi connectivity index (χ2n) is 9.38. The average molecular weight is 526 g/mol. The lowest BCUT2D eigenvalue weighted by Gasteiger charge is -2.34. The SMILES string of the molecule is CC(C)CN(C[C@@H](O)[C@H](Cc1ccccc1)N(C)C(=O)OCc1cccnc1)S(=O)(=O)c1ccccc1. The molecule has 1 aromatic heterocycles. The Kier molecular flexibility index (Phi) is 10.2. The van der Waals surface area contributed by atoms with Gasteiger partial charge in [0.05, 0.1) is 17.0 Å². The van der Waals surface area contributed by atoms with Gasteiger partial charge in [0.1, 0.15) is 6.61 Å². The van der Waals surface area contributed by atoms with Gasteiger partial charge >= 0.3 is 6.09 Å². The van der Waals surface area contributed by atoms with Crippen molar-refractivity contribution in [2.24, 2.45) is 5.92 Å². The van der Waals surface area contributed by atoms with Gasteiger partial charge < -0.3 is 14.7 Å². The molecule has 1 heterocycles. The minimum absolute atomic E-state index is 0.0282. The van der Waals surface area contributed by atoms with Crippen LogP contribution in [0, 0.1) is 5.92 Å². The van der Waals surface area contributed by atoms with Crippen LogP contribution in [-0.2, 0) is 27.8 Å². The molecule has 198 valence electrons. The third kappa shape index (κ3) is 8.11. The maximum atomic E-state index is 13.5. The summed E-state index contributed by atoms with van der Waals surface area (Å²) in [6.07, 6.45) is 1.78. The number of pyridine rings is 1. The van der Waals surface area contributed by atoms with Gasteiger partial charge in [-0.15, -0.1) is 0 Å². The molecule has 37 heavy (non-hydrogen) atoms. The van der Waals surface area contributed by atoms with Crippen LogP contribution in [0.2, 0.25) is 0 Å². The number of hydrogen-bond acceptors (Lipinski definition) is 6. The van der Waals surface area contributed by atoms with Crippen molar-refractivity contribution in [3.8, 4) is 0 Å². The highest BCUT2D eigenvalue weighted by Crippen LogP contribution is 2.20. The molecule has 2 atom stereocenters. The first kappa shape index (κ1) is 28.3. The lowest BCUT2D eigenvalue weighted by molar-refractivity contribution is 0.0332. The van der Waals surface area contributed by atoms with Crippen LogP contribution in [0.1, 0.15) is 25.0 Å². The Hall–Kier alpha value is -3.27. The van der Waals surface area contributed by atoms with Crippen LogP contribution >= 0.6 is 0 Å². The molecule has 0 radical (unpaired) electrons. The monoisotopic (exact) mass is 525 g/mol. The minimum atomic E-state index is -3.86. The molecule has 0 aliphatic rings. The summed E-state index contributed by atoms with van der Waals surface area (Å²) in [5.41, 5.74) is 1.64. The number of benzene rings is 2. The number of amides is 1. The first-order valence-electron chi connectivity index (χ1n) is 12.2. The van der Waals surface area contributed by atoms with Gasteiger partial charge in [-0.05, 0) is 36.1 Å². The van der Waals surface area contributed by atoms with Gasteiger partial charge in [-0.25, -0.2) is 13.2 Å². The number of carbonyl (C=O) groups is 1. The number of carbonyl (C=O) groups excluding carboxylic acids is 1. The van der Waals surface area contributed by atoms with Crippen LogP contribution in [0.5, 0.6) is 0 Å². The standard InChI is InChI=1S/C28H35N3O5S/c1-22(2)19-31(37(34,35)25-14-8-5-9-15-25)20-27(32)26(17-23-11-6-4-7-12-23)30(3)28(33)36-21-24-13-10-16-29-18-24/h4-16,18,22,26-27,32H,17,19-21H2,1-3H3/t26-,27+/m0/s1. The maximum Gasteiger partial charge on any atom is 0.410 e. The smallest absolute Gasteiger partial charge is 0.410 e. The molecular formula is C28H35N3O5S. The minimum Gasteiger partial charge on any atom is -0.444 e. The van der Waals surface area contributed by atoms with E-state index in [4.69, 9.17) is 4.74 Å². The molecule has 0 saturated carbocycles. The Balaban J connectivity index is 1.83. The fraction of sp³-hybridized carbons (Fsp3) is 0.357. The van der Waals surface area contributed by atoms with Crippen molar-refractivity contribution < 1.29 is 23.1 Å². The Bertz CT molecular complexity index is 1210. The van der Waals surface area contributed by atoms with Gasteiger partial charge in [0.2, 0.25) is 10.0 Å². The number of sulfonamides is 1. The van der Waals surface area contributed by atoms with Gasteiger partial charge in [0.25, 0.3) is 0 Å². The van der Waals surface area contributed by atoms with Crippen LogP contribution in [0.3, 0.4) is 0 Å². The zero-order chi connectivity index (χ0) is 26.8. The Morgan fingerprint density at radius 2 is 1.57 bits per heavy atom. The average Bonchev–Trinajstić information content (AvgIpc) is 2.91. The lowest BCUT2D eigenvalue weighted by atomic mass is 10.00. The molecule has 3 aromatic rings. The van der Waals surface area contributed by atoms with Gasteiger partial charge in [0.15, 0.2) is 0 Å². The van der Waals surface area contributed by atoms with E-state index in [0.29, 0.717) is 6.42 Å². The van der Waals surface area contributed by atoms with Crippen molar-refractivity contribution >= 4 is 16.1 Å². The van der Waals surface area contributed by atoms with Crippen LogP contribution in [0.4, 0.5) is 4.79 Å². The lowest BCUT2D eigenvalue weighted by Crippen LogP contribution is -2.51. The van der Waals surface area contributed by atoms with Crippen LogP contribution in [-0.4, -0.2) is 66.1 Å². The van der Waals surface area contributed by atoms with Crippen molar-refractivity contribution in [2.75, 3.05) is 20.1 Å². The molecule has 0 aliphatic carbocycles. The molecule has 0 spiro atoms. The predicted molar refractivity (Wildman–Crippen MR) is 142 cm³/mol. The van der Waals surface area contributed by atoms with E-state index in [1.165, 1.54) is 9.21 Å². The van der Waals surface area contributed by atoms with E-state index in [9.17, 15) is 18.3 Å². The van der Waals surface area contributed by atoms with Crippen molar-refractivity contribution in [2.45, 2.75) is 43.9 Å². The third-order valence-electron chi connectivity index (χ3n) is 5.94. The molecule has 2 aromatic carbocycles. The quantitative estimate of drug-likeness (QED) is 0.384. The van der Waals surface area contributed by atoms with E-state index in [0.717, 1.165) is 11.1 Å². The molecule has 1 amide bonds. The van der Waals surface area contributed by atoms with Gasteiger partial charge in [-0.3, -0.25) is 4.98 Å². The van der Waals surface area contributed by atoms with E-state index in [1.807, 2.05) is 44.2 Å². The zero-order valence-electron chi connectivity index (χ0n) is 21.5. The summed E-state index contributed by atoms with van der Waals surface area (Å²) >= 11 is 0. The van der Waals surface area contributed by atoms with E-state index in [2.05, 4.69) is 4.98 Å². The third-order valence-corrected chi connectivity index (χ3v) is 7.79. The normalized spacial score (nSPS) is 13.4. The molecule has 9 heteroatoms. The Labute approximate surface area is 219 Å². The molecule has 0 unspecified atom stereocenters. The summed E-state index contributed by atoms with van der Waals surface area (Å²) < 4.78 is 33.7. The summed E-state index contributed by atoms with van der Waals surface area (Å²) in [6, 6.07) is 20.4. The first-order chi connectivity index (χ1) is 17.7. The molecular weight excluding hydrogens is 490 g/mol. The maximum absolute atomic E-state index is 13.5. The van der Waals surface area contributed by atoms with Crippen LogP contribution < -0.4 is 0 Å². The Morgan fingerprint density at radius 1 is 0.946 bits per heavy atom. The second kappa shape index (κ2) is 13.3. The summed E-state index contributed by atoms with van der Waals surface area (Å²) in [4.78, 5) is 18.5. The van der Waals surface area contributed by atoms with Gasteiger partial charge in [-0.1, -0.05) is 68.4 Å². The van der Waals surface area contributed by atoms with Crippen LogP contribution in [0.15, 0.2) is 90.1 Å². The van der Waals surface area contributed by atoms with Gasteiger partial charge in [0, 0.05) is 38.1 Å². The molecule has 0 fully saturated rings. The number of aromatic nitrogens is 1. The summed E-state index contributed by atoms with van der Waals surface area (Å²) in [7, 11) is -2.30. The number of likely N-dealkylation sites (N-methyl/N-ethyl adjacent to an activating group) is 1. The van der Waals surface area contributed by atoms with Crippen LogP contribution in [0.25, 0.3) is 0 Å². The number of rotatable bonds is 12. The molecule has 3 rings (SSSR count). The molecule has 0 bridgehead atoms. The fourth-order valence-corrected chi connectivity index (χ4v) is 5.64. The number of hydrogen-bond donors (Lipinski definition) is 1. The van der Waals surface area contributed by atoms with Crippen molar-refractivity contribution in [3.05, 3.63) is 96.3 Å². The van der Waals surface area contributed by atoms with Crippen molar-refractivity contribution in [1.29, 1.82) is 0 Å². The first-order valence-corrected chi connectivity index (χ1v) is 13.7. The van der Waals surface area contributed by atoms with E-state index in [-0.39, 0.29) is 30.5 Å². The molecule has 8 nitrogen and oxygen atoms in total. The van der Waals surface area contributed by atoms with E-state index < -0.39 is 28.3 Å². The van der Waals surface area contributed by atoms with Gasteiger partial charge in [-0.2, -0.15) is 4.31 Å². The summed E-state index contributed by atoms with van der Waals surface area (Å²) in [5, 5.41) is 11.4. The van der Waals surface area contributed by atoms with Crippen molar-refractivity contribution in [3.63, 3.8) is 0 Å². The number of aliphatic hydroxyl groups excluding tert-OH is 1. The predicted octanol–water partition coefficient (Wildman–Crippen LogP) is 3.97. The van der Waals surface area contributed by atoms with E-state index in [1.54, 1.807) is 61.9 Å². The number of ether oxygens (including phenoxy) is 1. The molecule has 0 saturated heterocycles. The van der Waals surface area contributed by atoms with E-state index >= 15 is 0 Å². The highest BCUT2D eigenvalue weighted by molar-refractivity contribution is 7.89. The van der Waals surface area contributed by atoms with Crippen molar-refractivity contribution in [1.82, 2.24) is 14.2 Å². The number of aliphatic hydroxyl groups is 1. The summed E-state index contributed by atoms with van der Waals surface area (Å²) in [5.74, 6) is 0.0282. The fourth-order valence-electron chi connectivity index (χ4n) is 4.00. The number of nitrogens with zero attached hydrogens (tertiary/aromatic N) is 3. The second-order valence-corrected chi connectivity index (χ2v) is 11.3. The molecule has 0 aliphatic heterocycles. The Morgan fingerprint density at radius 3 is 2.16 bits per heavy atom. The zero-order valence-corrected chi connectivity index (χ0v) is 22.3. The highest BCUT2D eigenvalue weighted by atomic mass is 32.2. The highest BCUT2D eigenvalue weighted by Gasteiger charge is 2.34. The largest absolute Gasteiger partial charge is 0.444 e.